The Balaban J connectivity index is 2.05. The first kappa shape index (κ1) is 14.5. The fourth-order valence-electron chi connectivity index (χ4n) is 3.04. The van der Waals surface area contributed by atoms with E-state index < -0.39 is 0 Å². The molecule has 0 bridgehead atoms. The molecule has 1 unspecified atom stereocenters. The Labute approximate surface area is 117 Å². The predicted octanol–water partition coefficient (Wildman–Crippen LogP) is 1.86. The Hall–Kier alpha value is -0.870. The summed E-state index contributed by atoms with van der Waals surface area (Å²) in [6.07, 6.45) is 4.87. The highest BCUT2D eigenvalue weighted by molar-refractivity contribution is 5.12. The molecule has 2 heterocycles. The lowest BCUT2D eigenvalue weighted by Crippen LogP contribution is -2.58. The fourth-order valence-corrected chi connectivity index (χ4v) is 3.04. The number of nitrogens with zero attached hydrogens (tertiary/aromatic N) is 3. The second kappa shape index (κ2) is 5.63. The van der Waals surface area contributed by atoms with Crippen molar-refractivity contribution in [3.05, 3.63) is 17.5 Å². The molecular weight excluding hydrogens is 236 g/mol. The summed E-state index contributed by atoms with van der Waals surface area (Å²) < 4.78 is 1.96. The average molecular weight is 264 g/mol. The molecule has 0 aromatic carbocycles. The maximum Gasteiger partial charge on any atom is 0.0596 e. The molecule has 0 radical (unpaired) electrons. The topological polar surface area (TPSA) is 47.1 Å². The Morgan fingerprint density at radius 3 is 2.47 bits per heavy atom. The van der Waals surface area contributed by atoms with Gasteiger partial charge >= 0.3 is 0 Å². The average Bonchev–Trinajstić information content (AvgIpc) is 2.69. The third kappa shape index (κ3) is 3.18. The van der Waals surface area contributed by atoms with Crippen molar-refractivity contribution in [3.63, 3.8) is 0 Å². The van der Waals surface area contributed by atoms with Crippen LogP contribution in [0, 0.1) is 6.92 Å². The van der Waals surface area contributed by atoms with Crippen molar-refractivity contribution in [2.24, 2.45) is 12.8 Å². The molecule has 0 aliphatic carbocycles. The standard InChI is InChI=1S/C15H28N4/c1-12-10-13(18(4)17-12)11-14(16)15(2,3)19-8-6-5-7-9-19/h10,14H,5-9,11,16H2,1-4H3. The van der Waals surface area contributed by atoms with Gasteiger partial charge in [-0.1, -0.05) is 6.42 Å². The zero-order valence-corrected chi connectivity index (χ0v) is 12.8. The summed E-state index contributed by atoms with van der Waals surface area (Å²) in [5, 5.41) is 4.41. The molecule has 108 valence electrons. The number of nitrogens with two attached hydrogens (primary N) is 1. The van der Waals surface area contributed by atoms with Crippen molar-refractivity contribution >= 4 is 0 Å². The zero-order chi connectivity index (χ0) is 14.0. The van der Waals surface area contributed by atoms with Gasteiger partial charge < -0.3 is 5.73 Å². The summed E-state index contributed by atoms with van der Waals surface area (Å²) in [7, 11) is 2.00. The van der Waals surface area contributed by atoms with Crippen LogP contribution in [0.5, 0.6) is 0 Å². The van der Waals surface area contributed by atoms with Crippen LogP contribution in [-0.2, 0) is 13.5 Å². The van der Waals surface area contributed by atoms with E-state index in [0.29, 0.717) is 0 Å². The van der Waals surface area contributed by atoms with Gasteiger partial charge in [0.05, 0.1) is 5.69 Å². The van der Waals surface area contributed by atoms with E-state index in [0.717, 1.165) is 12.1 Å². The first-order valence-corrected chi connectivity index (χ1v) is 7.41. The van der Waals surface area contributed by atoms with Crippen molar-refractivity contribution < 1.29 is 0 Å². The number of hydrogen-bond donors (Lipinski definition) is 1. The molecule has 4 heteroatoms. The molecule has 19 heavy (non-hydrogen) atoms. The SMILES string of the molecule is Cc1cc(CC(N)C(C)(C)N2CCCCC2)n(C)n1. The Bertz CT molecular complexity index is 416. The van der Waals surface area contributed by atoms with Gasteiger partial charge in [-0.15, -0.1) is 0 Å². The van der Waals surface area contributed by atoms with Crippen LogP contribution in [0.25, 0.3) is 0 Å². The van der Waals surface area contributed by atoms with E-state index in [1.165, 1.54) is 38.0 Å². The van der Waals surface area contributed by atoms with Gasteiger partial charge in [-0.3, -0.25) is 9.58 Å². The van der Waals surface area contributed by atoms with Crippen LogP contribution < -0.4 is 5.73 Å². The summed E-state index contributed by atoms with van der Waals surface area (Å²) in [5.74, 6) is 0. The minimum Gasteiger partial charge on any atom is -0.326 e. The normalized spacial score (nSPS) is 19.6. The van der Waals surface area contributed by atoms with Gasteiger partial charge in [0.25, 0.3) is 0 Å². The molecule has 0 saturated carbocycles. The number of aromatic nitrogens is 2. The molecule has 1 aromatic heterocycles. The van der Waals surface area contributed by atoms with Crippen LogP contribution in [0.1, 0.15) is 44.5 Å². The van der Waals surface area contributed by atoms with Crippen LogP contribution in [0.15, 0.2) is 6.07 Å². The minimum atomic E-state index is 0.0542. The van der Waals surface area contributed by atoms with E-state index in [9.17, 15) is 0 Å². The third-order valence-electron chi connectivity index (χ3n) is 4.61. The second-order valence-electron chi connectivity index (χ2n) is 6.41. The van der Waals surface area contributed by atoms with Gasteiger partial charge in [0.2, 0.25) is 0 Å². The van der Waals surface area contributed by atoms with Gasteiger partial charge in [0.15, 0.2) is 0 Å². The lowest BCUT2D eigenvalue weighted by atomic mass is 9.88. The minimum absolute atomic E-state index is 0.0542. The number of hydrogen-bond acceptors (Lipinski definition) is 3. The molecule has 1 atom stereocenters. The Kier molecular flexibility index (Phi) is 4.31. The molecule has 0 amide bonds. The summed E-state index contributed by atoms with van der Waals surface area (Å²) in [6.45, 7) is 8.97. The van der Waals surface area contributed by atoms with Gasteiger partial charge in [-0.2, -0.15) is 5.10 Å². The van der Waals surface area contributed by atoms with Crippen molar-refractivity contribution in [1.29, 1.82) is 0 Å². The second-order valence-corrected chi connectivity index (χ2v) is 6.41. The van der Waals surface area contributed by atoms with E-state index >= 15 is 0 Å². The predicted molar refractivity (Wildman–Crippen MR) is 79.1 cm³/mol. The highest BCUT2D eigenvalue weighted by Crippen LogP contribution is 2.24. The summed E-state index contributed by atoms with van der Waals surface area (Å²) in [6, 6.07) is 2.28. The Morgan fingerprint density at radius 1 is 1.32 bits per heavy atom. The smallest absolute Gasteiger partial charge is 0.0596 e. The van der Waals surface area contributed by atoms with Gasteiger partial charge in [0.1, 0.15) is 0 Å². The summed E-state index contributed by atoms with van der Waals surface area (Å²) >= 11 is 0. The molecule has 2 N–H and O–H groups in total. The van der Waals surface area contributed by atoms with Crippen molar-refractivity contribution in [2.45, 2.75) is 58.0 Å². The third-order valence-corrected chi connectivity index (χ3v) is 4.61. The lowest BCUT2D eigenvalue weighted by molar-refractivity contribution is 0.0726. The quantitative estimate of drug-likeness (QED) is 0.903. The number of piperidine rings is 1. The first-order valence-electron chi connectivity index (χ1n) is 7.41. The van der Waals surface area contributed by atoms with Crippen molar-refractivity contribution in [2.75, 3.05) is 13.1 Å². The van der Waals surface area contributed by atoms with Crippen LogP contribution in [-0.4, -0.2) is 39.4 Å². The van der Waals surface area contributed by atoms with Crippen LogP contribution in [0.2, 0.25) is 0 Å². The summed E-state index contributed by atoms with van der Waals surface area (Å²) in [5.41, 5.74) is 8.87. The van der Waals surface area contributed by atoms with Crippen LogP contribution in [0.4, 0.5) is 0 Å². The van der Waals surface area contributed by atoms with Crippen molar-refractivity contribution in [1.82, 2.24) is 14.7 Å². The zero-order valence-electron chi connectivity index (χ0n) is 12.8. The van der Waals surface area contributed by atoms with Gasteiger partial charge in [0, 0.05) is 30.7 Å². The maximum atomic E-state index is 6.51. The van der Waals surface area contributed by atoms with E-state index in [-0.39, 0.29) is 11.6 Å². The highest BCUT2D eigenvalue weighted by atomic mass is 15.3. The highest BCUT2D eigenvalue weighted by Gasteiger charge is 2.34. The molecule has 1 saturated heterocycles. The number of likely N-dealkylation sites (tertiary alicyclic amines) is 1. The monoisotopic (exact) mass is 264 g/mol. The van der Waals surface area contributed by atoms with Gasteiger partial charge in [-0.25, -0.2) is 0 Å². The molecule has 4 nitrogen and oxygen atoms in total. The summed E-state index contributed by atoms with van der Waals surface area (Å²) in [4.78, 5) is 2.56. The molecule has 1 fully saturated rings. The molecule has 0 spiro atoms. The number of aryl methyl sites for hydroxylation is 2. The van der Waals surface area contributed by atoms with Gasteiger partial charge in [-0.05, 0) is 52.8 Å². The maximum absolute atomic E-state index is 6.51. The molecule has 1 aromatic rings. The molecule has 2 rings (SSSR count). The van der Waals surface area contributed by atoms with Crippen LogP contribution >= 0.6 is 0 Å². The first-order chi connectivity index (χ1) is 8.91. The van der Waals surface area contributed by atoms with Crippen molar-refractivity contribution in [3.8, 4) is 0 Å². The number of rotatable bonds is 4. The largest absolute Gasteiger partial charge is 0.326 e. The Morgan fingerprint density at radius 2 is 1.95 bits per heavy atom. The van der Waals surface area contributed by atoms with E-state index in [1.54, 1.807) is 0 Å². The molecular formula is C15H28N4. The van der Waals surface area contributed by atoms with E-state index in [2.05, 4.69) is 29.9 Å². The molecule has 1 aliphatic rings. The lowest BCUT2D eigenvalue weighted by Gasteiger charge is -2.44. The van der Waals surface area contributed by atoms with E-state index in [4.69, 9.17) is 5.73 Å². The van der Waals surface area contributed by atoms with E-state index in [1.807, 2.05) is 18.7 Å². The van der Waals surface area contributed by atoms with Crippen LogP contribution in [0.3, 0.4) is 0 Å². The fraction of sp³-hybridized carbons (Fsp3) is 0.800. The molecule has 1 aliphatic heterocycles.